The number of carbonyl (C=O) groups is 1. The van der Waals surface area contributed by atoms with Crippen LogP contribution >= 0.6 is 0 Å². The van der Waals surface area contributed by atoms with E-state index in [9.17, 15) is 9.18 Å². The number of nitrogens with one attached hydrogen (secondary N) is 1. The Morgan fingerprint density at radius 3 is 2.32 bits per heavy atom. The van der Waals surface area contributed by atoms with Gasteiger partial charge in [0.2, 0.25) is 0 Å². The van der Waals surface area contributed by atoms with E-state index in [1.807, 2.05) is 19.1 Å². The van der Waals surface area contributed by atoms with Crippen LogP contribution in [-0.2, 0) is 6.42 Å². The number of carbonyl (C=O) groups excluding carboxylic acids is 1. The normalized spacial score (nSPS) is 19.6. The fourth-order valence-corrected chi connectivity index (χ4v) is 37.8. The fourth-order valence-electron chi connectivity index (χ4n) is 5.60. The van der Waals surface area contributed by atoms with E-state index in [-0.39, 0.29) is 5.82 Å². The maximum Gasteiger partial charge on any atom is 0.270 e. The Bertz CT molecular complexity index is 1180. The van der Waals surface area contributed by atoms with E-state index in [0.29, 0.717) is 17.5 Å². The zero-order valence-electron chi connectivity index (χ0n) is 19.7. The molecule has 1 heterocycles. The second-order valence-corrected chi connectivity index (χ2v) is 37.9. The van der Waals surface area contributed by atoms with E-state index in [1.165, 1.54) is 16.4 Å². The first-order valence-electron chi connectivity index (χ1n) is 10.8. The molecule has 0 fully saturated rings. The molecule has 0 unspecified atom stereocenters. The molecule has 2 aromatic rings. The Hall–Kier alpha value is -1.97. The number of hydrogen-bond donors (Lipinski definition) is 0. The first-order valence-corrected chi connectivity index (χ1v) is 21.8. The van der Waals surface area contributed by atoms with Crippen molar-refractivity contribution in [2.24, 2.45) is 0 Å². The highest BCUT2D eigenvalue weighted by Crippen LogP contribution is 2.43. The summed E-state index contributed by atoms with van der Waals surface area (Å²) in [6.45, 7) is 16.7. The number of fused-ring (bicyclic) bond motifs is 3. The molecule has 3 nitrogen and oxygen atoms in total. The lowest BCUT2D eigenvalue weighted by atomic mass is 9.92. The number of hydrogen-bond acceptors (Lipinski definition) is 2. The van der Waals surface area contributed by atoms with E-state index in [4.69, 9.17) is 10.5 Å². The van der Waals surface area contributed by atoms with Gasteiger partial charge in [-0.05, 0) is 58.1 Å². The number of ether oxygens (including phenoxy) is 1. The molecule has 1 amide bonds. The van der Waals surface area contributed by atoms with Crippen molar-refractivity contribution in [3.8, 4) is 16.9 Å². The summed E-state index contributed by atoms with van der Waals surface area (Å²) in [6.07, 6.45) is 2.63. The molecule has 0 spiro atoms. The van der Waals surface area contributed by atoms with Gasteiger partial charge in [0, 0.05) is 12.7 Å². The van der Waals surface area contributed by atoms with Gasteiger partial charge in [-0.2, -0.15) is 0 Å². The Kier molecular flexibility index (Phi) is 4.85. The molecule has 1 radical (unpaired) electrons. The third kappa shape index (κ3) is 2.76. The van der Waals surface area contributed by atoms with Crippen molar-refractivity contribution in [2.45, 2.75) is 52.6 Å². The van der Waals surface area contributed by atoms with E-state index in [0.717, 1.165) is 28.0 Å². The molecule has 7 heteroatoms. The summed E-state index contributed by atoms with van der Waals surface area (Å²) < 4.78 is 20.7. The topological polar surface area (TPSA) is 50.1 Å². The van der Waals surface area contributed by atoms with Crippen LogP contribution in [-0.4, -0.2) is 35.3 Å². The van der Waals surface area contributed by atoms with Crippen LogP contribution in [0.25, 0.3) is 17.2 Å². The second kappa shape index (κ2) is 6.76. The van der Waals surface area contributed by atoms with Gasteiger partial charge in [0.1, 0.15) is 11.6 Å². The van der Waals surface area contributed by atoms with Gasteiger partial charge in [0.25, 0.3) is 5.91 Å². The summed E-state index contributed by atoms with van der Waals surface area (Å²) in [5, 5.41) is 2.34. The van der Waals surface area contributed by atoms with E-state index in [1.54, 1.807) is 13.2 Å². The van der Waals surface area contributed by atoms with Crippen LogP contribution < -0.4 is 20.8 Å². The average Bonchev–Trinajstić information content (AvgIpc) is 3.07. The SMILES string of the molecule is COc1c2cc(C([NH])=O)c(-c3ccc(F)c4c3C=C(C)C4)c1[Si](C)(C)[Si](C)(C)[Si]2(C)C. The molecule has 2 bridgehead atoms. The summed E-state index contributed by atoms with van der Waals surface area (Å²) in [5.74, 6) is 0.0485. The number of methoxy groups -OCH3 is 1. The van der Waals surface area contributed by atoms with Crippen molar-refractivity contribution >= 4 is 44.6 Å². The smallest absolute Gasteiger partial charge is 0.270 e. The maximum atomic E-state index is 14.7. The maximum absolute atomic E-state index is 14.7. The first kappa shape index (κ1) is 22.2. The highest BCUT2D eigenvalue weighted by molar-refractivity contribution is 7.74. The van der Waals surface area contributed by atoms with Gasteiger partial charge in [-0.25, -0.2) is 4.39 Å². The number of allylic oxidation sites excluding steroid dienone is 1. The van der Waals surface area contributed by atoms with Crippen LogP contribution in [0.5, 0.6) is 5.75 Å². The fraction of sp³-hybridized carbons (Fsp3) is 0.375. The Labute approximate surface area is 187 Å². The summed E-state index contributed by atoms with van der Waals surface area (Å²) in [6, 6.07) is 5.28. The molecule has 2 aromatic carbocycles. The molecule has 1 aliphatic carbocycles. The molecule has 2 aliphatic rings. The predicted octanol–water partition coefficient (Wildman–Crippen LogP) is 4.59. The lowest BCUT2D eigenvalue weighted by molar-refractivity contribution is 0.0993. The molecule has 0 aromatic heterocycles. The van der Waals surface area contributed by atoms with Crippen LogP contribution in [0.2, 0.25) is 39.3 Å². The number of rotatable bonds is 3. The standard InChI is InChI=1S/C24H31FNO2Si3/c1-14-11-16-15(9-10-19(25)17(16)12-14)21-18(24(26)27)13-20-22(28-2)23(21)30(5,6)31(7,8)29(20,3)4/h9-11,13,26H,12H2,1-8H3. The van der Waals surface area contributed by atoms with Crippen molar-refractivity contribution in [3.05, 3.63) is 46.3 Å². The van der Waals surface area contributed by atoms with Crippen LogP contribution in [0, 0.1) is 5.82 Å². The monoisotopic (exact) mass is 468 g/mol. The van der Waals surface area contributed by atoms with Crippen LogP contribution in [0.15, 0.2) is 23.8 Å². The van der Waals surface area contributed by atoms with Crippen molar-refractivity contribution in [1.29, 1.82) is 0 Å². The van der Waals surface area contributed by atoms with E-state index < -0.39 is 28.2 Å². The predicted molar refractivity (Wildman–Crippen MR) is 135 cm³/mol. The minimum absolute atomic E-state index is 0.206. The van der Waals surface area contributed by atoms with Crippen LogP contribution in [0.4, 0.5) is 4.39 Å². The molecule has 0 saturated carbocycles. The van der Waals surface area contributed by atoms with Gasteiger partial charge >= 0.3 is 0 Å². The minimum atomic E-state index is -2.05. The highest BCUT2D eigenvalue weighted by Gasteiger charge is 2.60. The largest absolute Gasteiger partial charge is 0.497 e. The minimum Gasteiger partial charge on any atom is -0.497 e. The number of halogens is 1. The Balaban J connectivity index is 2.23. The summed E-state index contributed by atoms with van der Waals surface area (Å²) >= 11 is 0. The van der Waals surface area contributed by atoms with E-state index >= 15 is 0 Å². The van der Waals surface area contributed by atoms with Gasteiger partial charge in [-0.3, -0.25) is 10.5 Å². The molecule has 1 aliphatic heterocycles. The van der Waals surface area contributed by atoms with Crippen LogP contribution in [0.1, 0.15) is 28.4 Å². The van der Waals surface area contributed by atoms with Gasteiger partial charge in [-0.1, -0.05) is 57.0 Å². The third-order valence-electron chi connectivity index (χ3n) is 8.57. The molecule has 1 N–H and O–H groups in total. The van der Waals surface area contributed by atoms with Crippen molar-refractivity contribution in [1.82, 2.24) is 5.73 Å². The lowest BCUT2D eigenvalue weighted by Gasteiger charge is -2.54. The average molecular weight is 469 g/mol. The molecule has 0 atom stereocenters. The summed E-state index contributed by atoms with van der Waals surface area (Å²) in [7, 11) is -3.92. The van der Waals surface area contributed by atoms with Crippen molar-refractivity contribution in [3.63, 3.8) is 0 Å². The summed E-state index contributed by atoms with van der Waals surface area (Å²) in [5.41, 5.74) is 12.9. The van der Waals surface area contributed by atoms with Gasteiger partial charge in [0.05, 0.1) is 22.3 Å². The third-order valence-corrected chi connectivity index (χ3v) is 49.8. The van der Waals surface area contributed by atoms with Crippen LogP contribution in [0.3, 0.4) is 0 Å². The van der Waals surface area contributed by atoms with E-state index in [2.05, 4.69) is 39.3 Å². The molecule has 0 saturated heterocycles. The second-order valence-electron chi connectivity index (χ2n) is 10.6. The zero-order chi connectivity index (χ0) is 23.1. The Morgan fingerprint density at radius 1 is 1.10 bits per heavy atom. The molecule has 163 valence electrons. The van der Waals surface area contributed by atoms with Crippen molar-refractivity contribution in [2.75, 3.05) is 7.11 Å². The van der Waals surface area contributed by atoms with Gasteiger partial charge in [-0.15, -0.1) is 0 Å². The first-order chi connectivity index (χ1) is 14.3. The molecular formula is C24H31FNO2Si3. The molecular weight excluding hydrogens is 438 g/mol. The molecule has 31 heavy (non-hydrogen) atoms. The highest BCUT2D eigenvalue weighted by atomic mass is 29.6. The lowest BCUT2D eigenvalue weighted by Crippen LogP contribution is -2.82. The number of benzene rings is 2. The molecule has 4 rings (SSSR count). The summed E-state index contributed by atoms with van der Waals surface area (Å²) in [4.78, 5) is 12.7. The van der Waals surface area contributed by atoms with Crippen molar-refractivity contribution < 1.29 is 13.9 Å². The Morgan fingerprint density at radius 2 is 1.74 bits per heavy atom. The van der Waals surface area contributed by atoms with Gasteiger partial charge < -0.3 is 4.74 Å². The van der Waals surface area contributed by atoms with Gasteiger partial charge in [0.15, 0.2) is 0 Å². The number of amides is 1. The quantitative estimate of drug-likeness (QED) is 0.619. The zero-order valence-corrected chi connectivity index (χ0v) is 22.7.